The molecule has 0 spiro atoms. The minimum Gasteiger partial charge on any atom is -0.311 e. The summed E-state index contributed by atoms with van der Waals surface area (Å²) in [6, 6.07) is 0. The Morgan fingerprint density at radius 1 is 1.31 bits per heavy atom. The van der Waals surface area contributed by atoms with Crippen LogP contribution < -0.4 is 5.01 Å². The summed E-state index contributed by atoms with van der Waals surface area (Å²) in [5, 5.41) is 2.17. The molecule has 0 atom stereocenters. The number of rotatable bonds is 2. The number of hydrogen-bond donors (Lipinski definition) is 0. The lowest BCUT2D eigenvalue weighted by Crippen LogP contribution is -2.39. The zero-order chi connectivity index (χ0) is 9.10. The van der Waals surface area contributed by atoms with Gasteiger partial charge in [-0.25, -0.2) is 9.66 Å². The molecule has 0 bridgehead atoms. The molecular weight excluding hydrogens is 166 g/mol. The molecule has 0 aromatic carbocycles. The van der Waals surface area contributed by atoms with Crippen molar-refractivity contribution in [2.75, 3.05) is 18.1 Å². The third-order valence-electron chi connectivity index (χ3n) is 2.41. The van der Waals surface area contributed by atoms with E-state index in [4.69, 9.17) is 0 Å². The van der Waals surface area contributed by atoms with Gasteiger partial charge in [0.2, 0.25) is 0 Å². The van der Waals surface area contributed by atoms with E-state index in [0.717, 1.165) is 19.4 Å². The Bertz CT molecular complexity index is 289. The average Bonchev–Trinajstić information content (AvgIpc) is 2.67. The monoisotopic (exact) mass is 179 g/mol. The van der Waals surface area contributed by atoms with Crippen molar-refractivity contribution in [1.82, 2.24) is 9.66 Å². The molecule has 1 saturated heterocycles. The number of nitrogens with zero attached hydrogens (tertiary/aromatic N) is 3. The molecule has 4 nitrogen and oxygen atoms in total. The van der Waals surface area contributed by atoms with Crippen molar-refractivity contribution in [3.63, 3.8) is 0 Å². The number of piperidine rings is 1. The molecule has 70 valence electrons. The predicted molar refractivity (Wildman–Crippen MR) is 49.4 cm³/mol. The Morgan fingerprint density at radius 2 is 2.08 bits per heavy atom. The van der Waals surface area contributed by atoms with Crippen LogP contribution in [-0.2, 0) is 0 Å². The highest BCUT2D eigenvalue weighted by molar-refractivity contribution is 5.71. The number of hydrogen-bond acceptors (Lipinski definition) is 3. The van der Waals surface area contributed by atoms with Gasteiger partial charge in [0, 0.05) is 13.1 Å². The van der Waals surface area contributed by atoms with Gasteiger partial charge >= 0.3 is 0 Å². The van der Waals surface area contributed by atoms with Crippen LogP contribution in [0, 0.1) is 0 Å². The normalized spacial score (nSPS) is 17.4. The summed E-state index contributed by atoms with van der Waals surface area (Å²) in [6.45, 7) is 2.05. The van der Waals surface area contributed by atoms with Gasteiger partial charge in [-0.05, 0) is 19.3 Å². The van der Waals surface area contributed by atoms with E-state index in [0.29, 0.717) is 5.69 Å². The van der Waals surface area contributed by atoms with E-state index in [1.807, 2.05) is 4.68 Å². The largest absolute Gasteiger partial charge is 0.311 e. The molecule has 1 aromatic heterocycles. The first-order valence-corrected chi connectivity index (χ1v) is 4.64. The molecule has 1 fully saturated rings. The van der Waals surface area contributed by atoms with Gasteiger partial charge in [-0.1, -0.05) is 0 Å². The highest BCUT2D eigenvalue weighted by Gasteiger charge is 2.12. The van der Waals surface area contributed by atoms with Crippen molar-refractivity contribution in [3.8, 4) is 0 Å². The maximum Gasteiger partial charge on any atom is 0.170 e. The van der Waals surface area contributed by atoms with Crippen molar-refractivity contribution in [1.29, 1.82) is 0 Å². The Kier molecular flexibility index (Phi) is 2.29. The second-order valence-corrected chi connectivity index (χ2v) is 3.30. The van der Waals surface area contributed by atoms with Crippen LogP contribution in [0.25, 0.3) is 0 Å². The standard InChI is InChI=1S/C9H13N3O/c13-7-9-6-10-8-12(9)11-4-2-1-3-5-11/h6-8H,1-5H2. The van der Waals surface area contributed by atoms with Crippen molar-refractivity contribution in [2.24, 2.45) is 0 Å². The smallest absolute Gasteiger partial charge is 0.170 e. The van der Waals surface area contributed by atoms with Crippen LogP contribution >= 0.6 is 0 Å². The van der Waals surface area contributed by atoms with Gasteiger partial charge < -0.3 is 5.01 Å². The van der Waals surface area contributed by atoms with Gasteiger partial charge in [0.1, 0.15) is 12.0 Å². The fourth-order valence-corrected chi connectivity index (χ4v) is 1.71. The van der Waals surface area contributed by atoms with Gasteiger partial charge in [-0.2, -0.15) is 0 Å². The summed E-state index contributed by atoms with van der Waals surface area (Å²) in [6.07, 6.45) is 7.85. The number of imidazole rings is 1. The lowest BCUT2D eigenvalue weighted by Gasteiger charge is -2.29. The topological polar surface area (TPSA) is 38.1 Å². The first-order chi connectivity index (χ1) is 6.42. The second kappa shape index (κ2) is 3.60. The number of carbonyl (C=O) groups excluding carboxylic acids is 1. The molecule has 1 aromatic rings. The van der Waals surface area contributed by atoms with Crippen molar-refractivity contribution >= 4 is 6.29 Å². The van der Waals surface area contributed by atoms with E-state index in [1.165, 1.54) is 19.3 Å². The lowest BCUT2D eigenvalue weighted by molar-refractivity contribution is 0.111. The van der Waals surface area contributed by atoms with Gasteiger partial charge in [0.25, 0.3) is 0 Å². The molecule has 2 heterocycles. The highest BCUT2D eigenvalue weighted by Crippen LogP contribution is 2.09. The average molecular weight is 179 g/mol. The van der Waals surface area contributed by atoms with Gasteiger partial charge in [0.05, 0.1) is 6.20 Å². The van der Waals surface area contributed by atoms with Crippen LogP contribution in [0.5, 0.6) is 0 Å². The van der Waals surface area contributed by atoms with Crippen LogP contribution in [-0.4, -0.2) is 29.0 Å². The third kappa shape index (κ3) is 1.56. The third-order valence-corrected chi connectivity index (χ3v) is 2.41. The summed E-state index contributed by atoms with van der Waals surface area (Å²) in [4.78, 5) is 14.6. The number of aromatic nitrogens is 2. The Morgan fingerprint density at radius 3 is 2.77 bits per heavy atom. The van der Waals surface area contributed by atoms with Gasteiger partial charge in [-0.3, -0.25) is 4.79 Å². The molecule has 0 saturated carbocycles. The first-order valence-electron chi connectivity index (χ1n) is 4.64. The fraction of sp³-hybridized carbons (Fsp3) is 0.556. The molecule has 2 rings (SSSR count). The highest BCUT2D eigenvalue weighted by atomic mass is 16.1. The zero-order valence-electron chi connectivity index (χ0n) is 7.52. The van der Waals surface area contributed by atoms with E-state index < -0.39 is 0 Å². The molecule has 1 aliphatic rings. The zero-order valence-corrected chi connectivity index (χ0v) is 7.52. The molecule has 0 radical (unpaired) electrons. The molecule has 13 heavy (non-hydrogen) atoms. The van der Waals surface area contributed by atoms with Gasteiger partial charge in [0.15, 0.2) is 6.29 Å². The van der Waals surface area contributed by atoms with Crippen molar-refractivity contribution in [3.05, 3.63) is 18.2 Å². The Balaban J connectivity index is 2.17. The molecule has 0 amide bonds. The van der Waals surface area contributed by atoms with Crippen LogP contribution in [0.4, 0.5) is 0 Å². The maximum atomic E-state index is 10.6. The fourth-order valence-electron chi connectivity index (χ4n) is 1.71. The van der Waals surface area contributed by atoms with E-state index in [2.05, 4.69) is 9.99 Å². The van der Waals surface area contributed by atoms with Crippen LogP contribution in [0.1, 0.15) is 29.8 Å². The molecule has 4 heteroatoms. The first kappa shape index (κ1) is 8.29. The minimum atomic E-state index is 0.641. The Hall–Kier alpha value is -1.32. The van der Waals surface area contributed by atoms with E-state index in [9.17, 15) is 4.79 Å². The molecule has 0 N–H and O–H groups in total. The molecule has 0 aliphatic carbocycles. The summed E-state index contributed by atoms with van der Waals surface area (Å²) >= 11 is 0. The SMILES string of the molecule is O=Cc1cncn1N1CCCCC1. The van der Waals surface area contributed by atoms with E-state index in [-0.39, 0.29) is 0 Å². The van der Waals surface area contributed by atoms with Crippen LogP contribution in [0.2, 0.25) is 0 Å². The molecular formula is C9H13N3O. The van der Waals surface area contributed by atoms with E-state index >= 15 is 0 Å². The molecule has 0 unspecified atom stereocenters. The van der Waals surface area contributed by atoms with Crippen LogP contribution in [0.3, 0.4) is 0 Å². The number of carbonyl (C=O) groups is 1. The van der Waals surface area contributed by atoms with E-state index in [1.54, 1.807) is 12.5 Å². The van der Waals surface area contributed by atoms with Crippen molar-refractivity contribution in [2.45, 2.75) is 19.3 Å². The number of aldehydes is 1. The predicted octanol–water partition coefficient (Wildman–Crippen LogP) is 0.818. The molecule has 1 aliphatic heterocycles. The summed E-state index contributed by atoms with van der Waals surface area (Å²) in [5.74, 6) is 0. The lowest BCUT2D eigenvalue weighted by atomic mass is 10.2. The summed E-state index contributed by atoms with van der Waals surface area (Å²) < 4.78 is 1.85. The maximum absolute atomic E-state index is 10.6. The minimum absolute atomic E-state index is 0.641. The second-order valence-electron chi connectivity index (χ2n) is 3.30. The summed E-state index contributed by atoms with van der Waals surface area (Å²) in [7, 11) is 0. The van der Waals surface area contributed by atoms with Crippen LogP contribution in [0.15, 0.2) is 12.5 Å². The van der Waals surface area contributed by atoms with Crippen molar-refractivity contribution < 1.29 is 4.79 Å². The Labute approximate surface area is 77.1 Å². The summed E-state index contributed by atoms with van der Waals surface area (Å²) in [5.41, 5.74) is 0.641. The quantitative estimate of drug-likeness (QED) is 0.631. The van der Waals surface area contributed by atoms with Gasteiger partial charge in [-0.15, -0.1) is 0 Å².